The van der Waals surface area contributed by atoms with Crippen LogP contribution < -0.4 is 10.2 Å². The van der Waals surface area contributed by atoms with Gasteiger partial charge in [-0.25, -0.2) is 9.69 Å². The van der Waals surface area contributed by atoms with Crippen LogP contribution in [0.4, 0.5) is 11.4 Å². The van der Waals surface area contributed by atoms with Gasteiger partial charge in [-0.1, -0.05) is 23.7 Å². The minimum atomic E-state index is -0.704. The lowest BCUT2D eigenvalue weighted by Gasteiger charge is -2.19. The smallest absolute Gasteiger partial charge is 0.340 e. The van der Waals surface area contributed by atoms with Crippen LogP contribution in [0, 0.1) is 3.57 Å². The van der Waals surface area contributed by atoms with Gasteiger partial charge in [0.15, 0.2) is 0 Å². The summed E-state index contributed by atoms with van der Waals surface area (Å²) < 4.78 is 6.24. The first-order valence-corrected chi connectivity index (χ1v) is 9.86. The predicted molar refractivity (Wildman–Crippen MR) is 115 cm³/mol. The molecule has 0 bridgehead atoms. The van der Waals surface area contributed by atoms with E-state index in [2.05, 4.69) is 27.9 Å². The second kappa shape index (κ2) is 8.32. The number of esters is 1. The maximum atomic E-state index is 12.9. The normalized spacial score (nSPS) is 14.1. The molecule has 0 saturated carbocycles. The van der Waals surface area contributed by atoms with Crippen LogP contribution in [0.1, 0.15) is 24.2 Å². The number of hydrogen-bond acceptors (Lipinski definition) is 5. The number of rotatable bonds is 5. The van der Waals surface area contributed by atoms with Crippen molar-refractivity contribution in [1.29, 1.82) is 0 Å². The van der Waals surface area contributed by atoms with Gasteiger partial charge in [0.05, 0.1) is 17.4 Å². The van der Waals surface area contributed by atoms with E-state index in [1.807, 2.05) is 12.1 Å². The number of halogens is 2. The number of hydrogen-bond donors (Lipinski definition) is 1. The maximum Gasteiger partial charge on any atom is 0.340 e. The molecule has 2 aromatic rings. The number of carbonyl (C=O) groups is 3. The molecule has 0 unspecified atom stereocenters. The monoisotopic (exact) mass is 510 g/mol. The van der Waals surface area contributed by atoms with Crippen molar-refractivity contribution in [2.75, 3.05) is 10.2 Å². The highest BCUT2D eigenvalue weighted by atomic mass is 127. The van der Waals surface area contributed by atoms with Gasteiger partial charge in [0.2, 0.25) is 0 Å². The van der Waals surface area contributed by atoms with Crippen molar-refractivity contribution in [1.82, 2.24) is 0 Å². The zero-order valence-electron chi connectivity index (χ0n) is 15.0. The summed E-state index contributed by atoms with van der Waals surface area (Å²) in [5.74, 6) is -1.97. The van der Waals surface area contributed by atoms with E-state index in [4.69, 9.17) is 16.3 Å². The molecule has 144 valence electrons. The van der Waals surface area contributed by atoms with Crippen LogP contribution in [0.5, 0.6) is 0 Å². The maximum absolute atomic E-state index is 12.9. The highest BCUT2D eigenvalue weighted by molar-refractivity contribution is 14.1. The Bertz CT molecular complexity index is 986. The van der Waals surface area contributed by atoms with Crippen LogP contribution in [0.2, 0.25) is 0 Å². The van der Waals surface area contributed by atoms with Crippen LogP contribution in [0.3, 0.4) is 0 Å². The third kappa shape index (κ3) is 4.05. The summed E-state index contributed by atoms with van der Waals surface area (Å²) in [5, 5.41) is 2.65. The molecular weight excluding hydrogens is 495 g/mol. The standard InChI is InChI=1S/C20H16ClIN2O4/c1-11(2)28-20(27)14-5-3-4-6-15(14)24-18(25)16(21)17(19(24)26)23-13-9-7-12(22)8-10-13/h3-11,23H,1-2H3. The third-order valence-corrected chi connectivity index (χ3v) is 4.92. The quantitative estimate of drug-likeness (QED) is 0.369. The summed E-state index contributed by atoms with van der Waals surface area (Å²) in [6, 6.07) is 13.5. The molecule has 0 aliphatic carbocycles. The number of amides is 2. The second-order valence-electron chi connectivity index (χ2n) is 6.24. The number of para-hydroxylation sites is 1. The molecule has 0 radical (unpaired) electrons. The van der Waals surface area contributed by atoms with E-state index in [0.717, 1.165) is 8.47 Å². The third-order valence-electron chi connectivity index (χ3n) is 3.85. The Hall–Kier alpha value is -2.39. The van der Waals surface area contributed by atoms with E-state index in [1.165, 1.54) is 12.1 Å². The average molecular weight is 511 g/mol. The van der Waals surface area contributed by atoms with Crippen molar-refractivity contribution in [3.63, 3.8) is 0 Å². The van der Waals surface area contributed by atoms with E-state index >= 15 is 0 Å². The molecule has 1 aliphatic rings. The van der Waals surface area contributed by atoms with E-state index in [0.29, 0.717) is 5.69 Å². The molecule has 1 N–H and O–H groups in total. The van der Waals surface area contributed by atoms with Gasteiger partial charge in [0, 0.05) is 9.26 Å². The van der Waals surface area contributed by atoms with Crippen LogP contribution >= 0.6 is 34.2 Å². The lowest BCUT2D eigenvalue weighted by atomic mass is 10.1. The van der Waals surface area contributed by atoms with Gasteiger partial charge in [-0.15, -0.1) is 0 Å². The fourth-order valence-electron chi connectivity index (χ4n) is 2.63. The van der Waals surface area contributed by atoms with Gasteiger partial charge in [0.1, 0.15) is 10.7 Å². The zero-order valence-corrected chi connectivity index (χ0v) is 17.9. The first-order valence-electron chi connectivity index (χ1n) is 8.40. The second-order valence-corrected chi connectivity index (χ2v) is 7.86. The van der Waals surface area contributed by atoms with Crippen molar-refractivity contribution in [2.45, 2.75) is 20.0 Å². The minimum absolute atomic E-state index is 0.0418. The molecule has 3 rings (SSSR count). The number of anilines is 2. The van der Waals surface area contributed by atoms with E-state index < -0.39 is 17.8 Å². The molecule has 1 heterocycles. The van der Waals surface area contributed by atoms with E-state index in [-0.39, 0.29) is 28.1 Å². The van der Waals surface area contributed by atoms with Gasteiger partial charge in [-0.3, -0.25) is 9.59 Å². The Morgan fingerprint density at radius 1 is 1.07 bits per heavy atom. The van der Waals surface area contributed by atoms with Crippen LogP contribution in [-0.2, 0) is 14.3 Å². The van der Waals surface area contributed by atoms with Gasteiger partial charge < -0.3 is 10.1 Å². The zero-order chi connectivity index (χ0) is 20.4. The molecule has 0 fully saturated rings. The van der Waals surface area contributed by atoms with Crippen molar-refractivity contribution >= 4 is 63.4 Å². The number of nitrogens with one attached hydrogen (secondary N) is 1. The fraction of sp³-hybridized carbons (Fsp3) is 0.150. The minimum Gasteiger partial charge on any atom is -0.459 e. The summed E-state index contributed by atoms with van der Waals surface area (Å²) in [7, 11) is 0. The number of imide groups is 1. The molecule has 2 aromatic carbocycles. The summed E-state index contributed by atoms with van der Waals surface area (Å²) >= 11 is 8.32. The van der Waals surface area contributed by atoms with E-state index in [1.54, 1.807) is 38.1 Å². The SMILES string of the molecule is CC(C)OC(=O)c1ccccc1N1C(=O)C(Cl)=C(Nc2ccc(I)cc2)C1=O. The van der Waals surface area contributed by atoms with Gasteiger partial charge in [0.25, 0.3) is 11.8 Å². The molecule has 6 nitrogen and oxygen atoms in total. The number of carbonyl (C=O) groups excluding carboxylic acids is 3. The Balaban J connectivity index is 1.94. The lowest BCUT2D eigenvalue weighted by Crippen LogP contribution is -2.33. The summed E-state index contributed by atoms with van der Waals surface area (Å²) in [6.45, 7) is 3.43. The predicted octanol–water partition coefficient (Wildman–Crippen LogP) is 4.29. The molecular formula is C20H16ClIN2O4. The summed E-state index contributed by atoms with van der Waals surface area (Å²) in [4.78, 5) is 38.9. The van der Waals surface area contributed by atoms with Crippen molar-refractivity contribution in [2.24, 2.45) is 0 Å². The Labute approximate surface area is 180 Å². The first kappa shape index (κ1) is 20.3. The van der Waals surface area contributed by atoms with E-state index in [9.17, 15) is 14.4 Å². The van der Waals surface area contributed by atoms with Crippen LogP contribution in [0.25, 0.3) is 0 Å². The van der Waals surface area contributed by atoms with Gasteiger partial charge in [-0.05, 0) is 72.8 Å². The van der Waals surface area contributed by atoms with Gasteiger partial charge in [-0.2, -0.15) is 0 Å². The van der Waals surface area contributed by atoms with Crippen LogP contribution in [-0.4, -0.2) is 23.9 Å². The first-order chi connectivity index (χ1) is 13.3. The fourth-order valence-corrected chi connectivity index (χ4v) is 3.20. The molecule has 8 heteroatoms. The Morgan fingerprint density at radius 2 is 1.71 bits per heavy atom. The summed E-state index contributed by atoms with van der Waals surface area (Å²) in [5.41, 5.74) is 0.808. The van der Waals surface area contributed by atoms with Crippen LogP contribution in [0.15, 0.2) is 59.3 Å². The molecule has 1 aliphatic heterocycles. The number of benzene rings is 2. The molecule has 0 spiro atoms. The Kier molecular flexibility index (Phi) is 6.04. The highest BCUT2D eigenvalue weighted by Gasteiger charge is 2.40. The highest BCUT2D eigenvalue weighted by Crippen LogP contribution is 2.32. The largest absolute Gasteiger partial charge is 0.459 e. The molecule has 0 atom stereocenters. The lowest BCUT2D eigenvalue weighted by molar-refractivity contribution is -0.120. The van der Waals surface area contributed by atoms with Crippen molar-refractivity contribution < 1.29 is 19.1 Å². The number of nitrogens with zero attached hydrogens (tertiary/aromatic N) is 1. The van der Waals surface area contributed by atoms with Crippen molar-refractivity contribution in [3.8, 4) is 0 Å². The van der Waals surface area contributed by atoms with Crippen molar-refractivity contribution in [3.05, 3.63) is 68.4 Å². The molecule has 28 heavy (non-hydrogen) atoms. The summed E-state index contributed by atoms with van der Waals surface area (Å²) in [6.07, 6.45) is -0.342. The molecule has 0 aromatic heterocycles. The van der Waals surface area contributed by atoms with Gasteiger partial charge >= 0.3 is 5.97 Å². The Morgan fingerprint density at radius 3 is 2.36 bits per heavy atom. The molecule has 2 amide bonds. The average Bonchev–Trinajstić information content (AvgIpc) is 2.86. The number of ether oxygens (including phenoxy) is 1. The topological polar surface area (TPSA) is 75.7 Å². The molecule has 0 saturated heterocycles.